The lowest BCUT2D eigenvalue weighted by atomic mass is 9.83. The molecular weight excluding hydrogens is 697 g/mol. The number of hydrogen-bond donors (Lipinski definition) is 0. The summed E-state index contributed by atoms with van der Waals surface area (Å²) in [5.74, 6) is -0.208. The first-order valence-electron chi connectivity index (χ1n) is 23.4. The van der Waals surface area contributed by atoms with Crippen molar-refractivity contribution in [2.75, 3.05) is 0 Å². The Morgan fingerprint density at radius 3 is 2.07 bits per heavy atom. The Labute approximate surface area is 343 Å². The van der Waals surface area contributed by atoms with Gasteiger partial charge in [-0.2, -0.15) is 0 Å². The minimum absolute atomic E-state index is 0.131. The fourth-order valence-electron chi connectivity index (χ4n) is 8.40. The van der Waals surface area contributed by atoms with E-state index in [-0.39, 0.29) is 23.5 Å². The van der Waals surface area contributed by atoms with Gasteiger partial charge in [0.1, 0.15) is 5.82 Å². The average molecular weight is 743 g/mol. The van der Waals surface area contributed by atoms with Gasteiger partial charge in [-0.1, -0.05) is 158 Å². The predicted molar refractivity (Wildman–Crippen MR) is 240 cm³/mol. The molecule has 0 N–H and O–H groups in total. The molecule has 2 aromatic heterocycles. The molecule has 0 amide bonds. The van der Waals surface area contributed by atoms with Crippen molar-refractivity contribution in [1.82, 2.24) is 9.55 Å². The summed E-state index contributed by atoms with van der Waals surface area (Å²) in [6.45, 7) is -2.98. The van der Waals surface area contributed by atoms with Gasteiger partial charge in [0.05, 0.1) is 23.6 Å². The van der Waals surface area contributed by atoms with E-state index in [0.717, 1.165) is 70.4 Å². The zero-order valence-corrected chi connectivity index (χ0v) is 30.6. The second kappa shape index (κ2) is 13.2. The van der Waals surface area contributed by atoms with Gasteiger partial charge in [0, 0.05) is 39.0 Å². The van der Waals surface area contributed by atoms with Gasteiger partial charge in [-0.3, -0.25) is 4.57 Å². The van der Waals surface area contributed by atoms with E-state index in [9.17, 15) is 0 Å². The Kier molecular flexibility index (Phi) is 5.62. The van der Waals surface area contributed by atoms with Crippen LogP contribution in [0.2, 0.25) is 0 Å². The topological polar surface area (TPSA) is 17.8 Å². The summed E-state index contributed by atoms with van der Waals surface area (Å²) < 4.78 is 89.1. The zero-order chi connectivity index (χ0) is 45.8. The lowest BCUT2D eigenvalue weighted by Gasteiger charge is -2.20. The van der Waals surface area contributed by atoms with Crippen LogP contribution < -0.4 is 0 Å². The number of aryl methyl sites for hydroxylation is 1. The summed E-state index contributed by atoms with van der Waals surface area (Å²) in [5.41, 5.74) is 7.70. The number of thiophene rings is 1. The maximum Gasteiger partial charge on any atom is 0.114 e. The first-order valence-corrected chi connectivity index (χ1v) is 19.2. The van der Waals surface area contributed by atoms with Crippen molar-refractivity contribution in [2.24, 2.45) is 0 Å². The molecule has 9 aromatic carbocycles. The summed E-state index contributed by atoms with van der Waals surface area (Å²) in [7, 11) is 0. The van der Waals surface area contributed by atoms with Crippen LogP contribution in [0.5, 0.6) is 0 Å². The zero-order valence-electron chi connectivity index (χ0n) is 39.8. The van der Waals surface area contributed by atoms with Crippen molar-refractivity contribution < 1.29 is 13.7 Å². The molecular formula is C53H36N2S. The largest absolute Gasteiger partial charge is 0.296 e. The number of rotatable bonds is 6. The van der Waals surface area contributed by atoms with Gasteiger partial charge in [-0.05, 0) is 96.9 Å². The van der Waals surface area contributed by atoms with Crippen LogP contribution in [0, 0.1) is 0 Å². The third-order valence-corrected chi connectivity index (χ3v) is 11.9. The minimum atomic E-state index is -2.98. The maximum absolute atomic E-state index is 8.93. The smallest absolute Gasteiger partial charge is 0.114 e. The van der Waals surface area contributed by atoms with E-state index < -0.39 is 31.4 Å². The third kappa shape index (κ3) is 5.12. The molecule has 11 rings (SSSR count). The lowest BCUT2D eigenvalue weighted by molar-refractivity contribution is 0.909. The standard InChI is InChI=1S/C53H36N2S/c1-2-50-54-45-22-10-12-24-47(45)55(50)46-23-11-8-17-38(46)35-27-29-36(30-28-35)51-39-18-6-7-19-40(39)52(44-33-37(31-32-41(44)51)34-15-4-3-5-16-34)43-21-14-26-49-53(43)42-20-9-13-25-48(42)56-49/h3-33H,2H2,1H3/i1D3,2D2,3D,4D,5D,15D,16D. The fraction of sp³-hybridized carbons (Fsp3) is 0.0377. The van der Waals surface area contributed by atoms with Gasteiger partial charge < -0.3 is 0 Å². The molecule has 0 saturated carbocycles. The molecule has 0 saturated heterocycles. The van der Waals surface area contributed by atoms with Crippen molar-refractivity contribution in [3.8, 4) is 50.2 Å². The second-order valence-electron chi connectivity index (χ2n) is 13.8. The van der Waals surface area contributed by atoms with Crippen molar-refractivity contribution >= 4 is 64.1 Å². The van der Waals surface area contributed by atoms with Crippen LogP contribution in [-0.2, 0) is 6.37 Å². The van der Waals surface area contributed by atoms with Crippen LogP contribution in [0.15, 0.2) is 188 Å². The number of imidazole rings is 1. The highest BCUT2D eigenvalue weighted by Crippen LogP contribution is 2.49. The molecule has 264 valence electrons. The molecule has 3 heteroatoms. The molecule has 0 unspecified atom stereocenters. The van der Waals surface area contributed by atoms with Crippen molar-refractivity contribution in [3.05, 3.63) is 194 Å². The van der Waals surface area contributed by atoms with Crippen LogP contribution in [0.1, 0.15) is 26.4 Å². The average Bonchev–Trinajstić information content (AvgIpc) is 3.92. The van der Waals surface area contributed by atoms with Gasteiger partial charge in [0.15, 0.2) is 0 Å². The summed E-state index contributed by atoms with van der Waals surface area (Å²) in [6.07, 6.45) is -2.76. The molecule has 0 spiro atoms. The molecule has 2 heterocycles. The molecule has 0 aliphatic rings. The highest BCUT2D eigenvalue weighted by Gasteiger charge is 2.21. The lowest BCUT2D eigenvalue weighted by Crippen LogP contribution is -2.02. The second-order valence-corrected chi connectivity index (χ2v) is 14.9. The molecule has 11 aromatic rings. The quantitative estimate of drug-likeness (QED) is 0.155. The van der Waals surface area contributed by atoms with Gasteiger partial charge in [-0.15, -0.1) is 11.3 Å². The molecule has 56 heavy (non-hydrogen) atoms. The van der Waals surface area contributed by atoms with Gasteiger partial charge in [0.2, 0.25) is 0 Å². The Balaban J connectivity index is 1.16. The molecule has 0 aliphatic heterocycles. The first-order chi connectivity index (χ1) is 31.7. The van der Waals surface area contributed by atoms with Crippen molar-refractivity contribution in [3.63, 3.8) is 0 Å². The van der Waals surface area contributed by atoms with E-state index in [1.165, 1.54) is 4.70 Å². The maximum atomic E-state index is 8.93. The van der Waals surface area contributed by atoms with Crippen LogP contribution >= 0.6 is 11.3 Å². The van der Waals surface area contributed by atoms with Gasteiger partial charge >= 0.3 is 0 Å². The number of benzene rings is 9. The van der Waals surface area contributed by atoms with Crippen molar-refractivity contribution in [2.45, 2.75) is 13.2 Å². The summed E-state index contributed by atoms with van der Waals surface area (Å²) in [6, 6.07) is 49.9. The molecule has 0 aliphatic carbocycles. The van der Waals surface area contributed by atoms with E-state index in [2.05, 4.69) is 65.6 Å². The number of fused-ring (bicyclic) bond motifs is 6. The Morgan fingerprint density at radius 1 is 0.554 bits per heavy atom. The summed E-state index contributed by atoms with van der Waals surface area (Å²) in [5, 5.41) is 6.01. The molecule has 0 bridgehead atoms. The fourth-order valence-corrected chi connectivity index (χ4v) is 9.53. The first kappa shape index (κ1) is 23.9. The molecule has 2 nitrogen and oxygen atoms in total. The third-order valence-electron chi connectivity index (χ3n) is 10.8. The highest BCUT2D eigenvalue weighted by molar-refractivity contribution is 7.26. The Bertz CT molecular complexity index is 3770. The van der Waals surface area contributed by atoms with E-state index >= 15 is 0 Å². The van der Waals surface area contributed by atoms with E-state index in [1.807, 2.05) is 84.9 Å². The number of aromatic nitrogens is 2. The van der Waals surface area contributed by atoms with Crippen molar-refractivity contribution in [1.29, 1.82) is 0 Å². The number of para-hydroxylation sites is 3. The molecule has 0 atom stereocenters. The van der Waals surface area contributed by atoms with Crippen LogP contribution in [0.25, 0.3) is 103 Å². The summed E-state index contributed by atoms with van der Waals surface area (Å²) in [4.78, 5) is 4.56. The van der Waals surface area contributed by atoms with E-state index in [1.54, 1.807) is 28.0 Å². The molecule has 0 fully saturated rings. The Morgan fingerprint density at radius 2 is 1.21 bits per heavy atom. The monoisotopic (exact) mass is 742 g/mol. The minimum Gasteiger partial charge on any atom is -0.296 e. The van der Waals surface area contributed by atoms with Crippen LogP contribution in [0.4, 0.5) is 0 Å². The summed E-state index contributed by atoms with van der Waals surface area (Å²) >= 11 is 1.73. The Hall–Kier alpha value is -6.81. The number of hydrogen-bond acceptors (Lipinski definition) is 2. The van der Waals surface area contributed by atoms with Gasteiger partial charge in [-0.25, -0.2) is 4.98 Å². The van der Waals surface area contributed by atoms with Gasteiger partial charge in [0.25, 0.3) is 0 Å². The van der Waals surface area contributed by atoms with E-state index in [4.69, 9.17) is 13.7 Å². The highest BCUT2D eigenvalue weighted by atomic mass is 32.1. The van der Waals surface area contributed by atoms with E-state index in [0.29, 0.717) is 22.3 Å². The SMILES string of the molecule is [2H]c1c([2H])c([2H])c(-c2ccc3c(-c4ccc(-c5ccccc5-n5c(C([2H])([2H])C([2H])([2H])[2H])nc6ccccc65)cc4)c4ccccc4c(-c4cccc5sc6ccccc6c45)c3c2)c([2H])c1[2H]. The van der Waals surface area contributed by atoms with Crippen LogP contribution in [0.3, 0.4) is 0 Å². The number of nitrogens with zero attached hydrogens (tertiary/aromatic N) is 2. The van der Waals surface area contributed by atoms with Crippen LogP contribution in [-0.4, -0.2) is 9.55 Å². The molecule has 0 radical (unpaired) electrons. The predicted octanol–water partition coefficient (Wildman–Crippen LogP) is 14.9. The normalized spacial score (nSPS) is 14.8.